The molecule has 1 aliphatic rings. The first-order valence-corrected chi connectivity index (χ1v) is 9.42. The van der Waals surface area contributed by atoms with Gasteiger partial charge in [0.05, 0.1) is 16.1 Å². The van der Waals surface area contributed by atoms with Gasteiger partial charge in [-0.1, -0.05) is 59.6 Å². The molecule has 0 saturated heterocycles. The van der Waals surface area contributed by atoms with Crippen molar-refractivity contribution in [2.24, 2.45) is 0 Å². The molecule has 0 saturated carbocycles. The van der Waals surface area contributed by atoms with E-state index in [2.05, 4.69) is 20.8 Å². The van der Waals surface area contributed by atoms with E-state index in [0.29, 0.717) is 16.5 Å². The van der Waals surface area contributed by atoms with Crippen LogP contribution in [0.2, 0.25) is 10.0 Å². The van der Waals surface area contributed by atoms with Gasteiger partial charge in [-0.25, -0.2) is 4.68 Å². The largest absolute Gasteiger partial charge is 0.347 e. The third kappa shape index (κ3) is 3.68. The fourth-order valence-corrected chi connectivity index (χ4v) is 3.95. The summed E-state index contributed by atoms with van der Waals surface area (Å²) < 4.78 is 1.49. The van der Waals surface area contributed by atoms with Gasteiger partial charge in [-0.05, 0) is 46.0 Å². The Bertz CT molecular complexity index is 946. The number of hydrogen-bond donors (Lipinski definition) is 1. The van der Waals surface area contributed by atoms with Gasteiger partial charge >= 0.3 is 0 Å². The Morgan fingerprint density at radius 3 is 2.78 bits per heavy atom. The Kier molecular flexibility index (Phi) is 5.09. The molecule has 1 aromatic heterocycles. The van der Waals surface area contributed by atoms with E-state index >= 15 is 0 Å². The molecule has 0 fully saturated rings. The van der Waals surface area contributed by atoms with Crippen LogP contribution in [-0.4, -0.2) is 26.1 Å². The molecule has 0 bridgehead atoms. The third-order valence-electron chi connectivity index (χ3n) is 4.87. The number of tetrazole rings is 1. The highest BCUT2D eigenvalue weighted by atomic mass is 35.5. The van der Waals surface area contributed by atoms with Crippen LogP contribution in [0.1, 0.15) is 35.2 Å². The smallest absolute Gasteiger partial charge is 0.245 e. The zero-order valence-corrected chi connectivity index (χ0v) is 15.9. The molecule has 0 spiro atoms. The van der Waals surface area contributed by atoms with Gasteiger partial charge in [0.15, 0.2) is 0 Å². The Balaban J connectivity index is 1.56. The number of amides is 1. The van der Waals surface area contributed by atoms with E-state index in [4.69, 9.17) is 23.2 Å². The van der Waals surface area contributed by atoms with E-state index in [-0.39, 0.29) is 11.9 Å². The first-order chi connectivity index (χ1) is 13.1. The van der Waals surface area contributed by atoms with E-state index in [1.54, 1.807) is 6.07 Å². The normalized spacial score (nSPS) is 16.7. The van der Waals surface area contributed by atoms with Crippen LogP contribution in [0.4, 0.5) is 0 Å². The highest BCUT2D eigenvalue weighted by Gasteiger charge is 2.30. The first kappa shape index (κ1) is 17.9. The highest BCUT2D eigenvalue weighted by molar-refractivity contribution is 6.42. The molecule has 6 nitrogen and oxygen atoms in total. The summed E-state index contributed by atoms with van der Waals surface area (Å²) in [5, 5.41) is 15.5. The monoisotopic (exact) mass is 401 g/mol. The van der Waals surface area contributed by atoms with Gasteiger partial charge < -0.3 is 5.32 Å². The molecular formula is C19H17Cl2N5O. The maximum atomic E-state index is 13.1. The molecule has 1 amide bonds. The summed E-state index contributed by atoms with van der Waals surface area (Å²) >= 11 is 12.4. The Morgan fingerprint density at radius 2 is 2.04 bits per heavy atom. The van der Waals surface area contributed by atoms with Crippen molar-refractivity contribution in [3.63, 3.8) is 0 Å². The topological polar surface area (TPSA) is 72.7 Å². The van der Waals surface area contributed by atoms with Crippen molar-refractivity contribution >= 4 is 29.1 Å². The summed E-state index contributed by atoms with van der Waals surface area (Å²) in [4.78, 5) is 13.1. The van der Waals surface area contributed by atoms with Crippen molar-refractivity contribution in [3.8, 4) is 0 Å². The second-order valence-electron chi connectivity index (χ2n) is 6.52. The minimum Gasteiger partial charge on any atom is -0.347 e. The zero-order chi connectivity index (χ0) is 18.8. The number of aromatic nitrogens is 4. The van der Waals surface area contributed by atoms with Crippen molar-refractivity contribution in [1.82, 2.24) is 25.5 Å². The van der Waals surface area contributed by atoms with Gasteiger partial charge in [-0.15, -0.1) is 5.10 Å². The minimum absolute atomic E-state index is 0.1000. The molecule has 27 heavy (non-hydrogen) atoms. The van der Waals surface area contributed by atoms with Crippen molar-refractivity contribution in [1.29, 1.82) is 0 Å². The highest BCUT2D eigenvalue weighted by Crippen LogP contribution is 2.39. The summed E-state index contributed by atoms with van der Waals surface area (Å²) in [5.74, 6) is -0.130. The molecule has 8 heteroatoms. The minimum atomic E-state index is -0.533. The summed E-state index contributed by atoms with van der Waals surface area (Å²) in [6, 6.07) is 12.9. The number of hydrogen-bond acceptors (Lipinski definition) is 4. The summed E-state index contributed by atoms with van der Waals surface area (Å²) in [7, 11) is 0. The Hall–Kier alpha value is -2.44. The SMILES string of the molecule is O=C(NC1CCc2c1ccc(Cl)c2Cl)C(Cc1ccccc1)n1cnnn1. The van der Waals surface area contributed by atoms with Crippen LogP contribution < -0.4 is 5.32 Å². The van der Waals surface area contributed by atoms with Crippen molar-refractivity contribution in [2.45, 2.75) is 31.3 Å². The quantitative estimate of drug-likeness (QED) is 0.708. The second kappa shape index (κ2) is 7.66. The van der Waals surface area contributed by atoms with Gasteiger partial charge in [-0.2, -0.15) is 0 Å². The molecule has 3 aromatic rings. The zero-order valence-electron chi connectivity index (χ0n) is 14.3. The predicted octanol–water partition coefficient (Wildman–Crippen LogP) is 3.57. The van der Waals surface area contributed by atoms with Crippen molar-refractivity contribution in [3.05, 3.63) is 75.5 Å². The number of carbonyl (C=O) groups excluding carboxylic acids is 1. The van der Waals surface area contributed by atoms with E-state index in [1.807, 2.05) is 36.4 Å². The second-order valence-corrected chi connectivity index (χ2v) is 7.31. The molecule has 4 rings (SSSR count). The average molecular weight is 402 g/mol. The van der Waals surface area contributed by atoms with Gasteiger partial charge in [-0.3, -0.25) is 4.79 Å². The third-order valence-corrected chi connectivity index (χ3v) is 5.71. The molecule has 2 atom stereocenters. The fourth-order valence-electron chi connectivity index (χ4n) is 3.51. The van der Waals surface area contributed by atoms with Gasteiger partial charge in [0.25, 0.3) is 0 Å². The summed E-state index contributed by atoms with van der Waals surface area (Å²) in [5.41, 5.74) is 3.07. The summed E-state index contributed by atoms with van der Waals surface area (Å²) in [6.07, 6.45) is 3.54. The number of halogens is 2. The lowest BCUT2D eigenvalue weighted by Gasteiger charge is -2.20. The van der Waals surface area contributed by atoms with Crippen molar-refractivity contribution in [2.75, 3.05) is 0 Å². The number of carbonyl (C=O) groups is 1. The lowest BCUT2D eigenvalue weighted by Crippen LogP contribution is -2.36. The molecule has 1 heterocycles. The van der Waals surface area contributed by atoms with Crippen molar-refractivity contribution < 1.29 is 4.79 Å². The fraction of sp³-hybridized carbons (Fsp3) is 0.263. The summed E-state index contributed by atoms with van der Waals surface area (Å²) in [6.45, 7) is 0. The number of nitrogens with zero attached hydrogens (tertiary/aromatic N) is 4. The molecule has 0 aliphatic heterocycles. The molecule has 2 unspecified atom stereocenters. The Labute approximate surface area is 166 Å². The van der Waals surface area contributed by atoms with E-state index < -0.39 is 6.04 Å². The first-order valence-electron chi connectivity index (χ1n) is 8.67. The van der Waals surface area contributed by atoms with Crippen LogP contribution >= 0.6 is 23.2 Å². The van der Waals surface area contributed by atoms with Gasteiger partial charge in [0.1, 0.15) is 12.4 Å². The maximum Gasteiger partial charge on any atom is 0.245 e. The van der Waals surface area contributed by atoms with Crippen LogP contribution in [0.15, 0.2) is 48.8 Å². The van der Waals surface area contributed by atoms with E-state index in [9.17, 15) is 4.79 Å². The maximum absolute atomic E-state index is 13.1. The predicted molar refractivity (Wildman–Crippen MR) is 103 cm³/mol. The lowest BCUT2D eigenvalue weighted by atomic mass is 10.0. The standard InChI is InChI=1S/C19H17Cl2N5O/c20-15-8-6-13-14(18(15)21)7-9-16(13)23-19(27)17(26-11-22-24-25-26)10-12-4-2-1-3-5-12/h1-6,8,11,16-17H,7,9-10H2,(H,23,27). The van der Waals surface area contributed by atoms with E-state index in [1.165, 1.54) is 11.0 Å². The van der Waals surface area contributed by atoms with Gasteiger partial charge in [0, 0.05) is 6.42 Å². The van der Waals surface area contributed by atoms with E-state index in [0.717, 1.165) is 29.5 Å². The molecule has 2 aromatic carbocycles. The van der Waals surface area contributed by atoms with Crippen LogP contribution in [-0.2, 0) is 17.6 Å². The van der Waals surface area contributed by atoms with Crippen LogP contribution in [0, 0.1) is 0 Å². The molecule has 1 aliphatic carbocycles. The Morgan fingerprint density at radius 1 is 1.22 bits per heavy atom. The van der Waals surface area contributed by atoms with Crippen LogP contribution in [0.5, 0.6) is 0 Å². The molecule has 138 valence electrons. The number of rotatable bonds is 5. The number of nitrogens with one attached hydrogen (secondary N) is 1. The lowest BCUT2D eigenvalue weighted by molar-refractivity contribution is -0.125. The molecule has 0 radical (unpaired) electrons. The van der Waals surface area contributed by atoms with Crippen LogP contribution in [0.3, 0.4) is 0 Å². The number of benzene rings is 2. The molecular weight excluding hydrogens is 385 g/mol. The van der Waals surface area contributed by atoms with Crippen LogP contribution in [0.25, 0.3) is 0 Å². The molecule has 1 N–H and O–H groups in total. The average Bonchev–Trinajstić information content (AvgIpc) is 3.34. The number of fused-ring (bicyclic) bond motifs is 1. The van der Waals surface area contributed by atoms with Gasteiger partial charge in [0.2, 0.25) is 5.91 Å².